The second-order valence-corrected chi connectivity index (χ2v) is 5.97. The highest BCUT2D eigenvalue weighted by Gasteiger charge is 2.40. The van der Waals surface area contributed by atoms with E-state index < -0.39 is 5.82 Å². The number of nitrogen functional groups attached to an aromatic ring is 1. The number of hydrogen-bond donors (Lipinski definition) is 3. The number of aliphatic hydroxyl groups is 1. The highest BCUT2D eigenvalue weighted by atomic mass is 19.1. The monoisotopic (exact) mass is 293 g/mol. The normalized spacial score (nSPS) is 28.6. The highest BCUT2D eigenvalue weighted by Crippen LogP contribution is 2.35. The smallest absolute Gasteiger partial charge is 0.238 e. The van der Waals surface area contributed by atoms with E-state index in [0.29, 0.717) is 24.3 Å². The second kappa shape index (κ2) is 5.61. The van der Waals surface area contributed by atoms with Crippen LogP contribution < -0.4 is 11.1 Å². The van der Waals surface area contributed by atoms with Crippen molar-refractivity contribution >= 4 is 17.3 Å². The molecule has 2 saturated heterocycles. The van der Waals surface area contributed by atoms with Gasteiger partial charge in [-0.15, -0.1) is 0 Å². The van der Waals surface area contributed by atoms with Crippen LogP contribution in [0, 0.1) is 5.82 Å². The molecule has 2 atom stereocenters. The molecule has 1 aromatic carbocycles. The van der Waals surface area contributed by atoms with Gasteiger partial charge < -0.3 is 16.2 Å². The van der Waals surface area contributed by atoms with Gasteiger partial charge in [-0.25, -0.2) is 4.39 Å². The third-order valence-corrected chi connectivity index (χ3v) is 4.47. The molecule has 2 fully saturated rings. The van der Waals surface area contributed by atoms with Crippen LogP contribution in [0.25, 0.3) is 0 Å². The van der Waals surface area contributed by atoms with Crippen LogP contribution in [0.15, 0.2) is 18.2 Å². The SMILES string of the molecule is Nc1cc(NC(=O)CN2C3CCC2CC(O)C3)ccc1F. The van der Waals surface area contributed by atoms with Crippen LogP contribution in [0.1, 0.15) is 25.7 Å². The lowest BCUT2D eigenvalue weighted by Crippen LogP contribution is -2.47. The van der Waals surface area contributed by atoms with Gasteiger partial charge >= 0.3 is 0 Å². The summed E-state index contributed by atoms with van der Waals surface area (Å²) in [6, 6.07) is 4.75. The molecule has 21 heavy (non-hydrogen) atoms. The third kappa shape index (κ3) is 3.01. The van der Waals surface area contributed by atoms with Crippen molar-refractivity contribution in [1.29, 1.82) is 0 Å². The zero-order valence-electron chi connectivity index (χ0n) is 11.8. The maximum absolute atomic E-state index is 13.1. The number of fused-ring (bicyclic) bond motifs is 2. The standard InChI is InChI=1S/C15H20FN3O2/c16-13-4-1-9(5-14(13)17)18-15(21)8-19-10-2-3-11(19)7-12(20)6-10/h1,4-5,10-12,20H,2-3,6-8,17H2,(H,18,21). The van der Waals surface area contributed by atoms with Crippen molar-refractivity contribution in [2.45, 2.75) is 43.9 Å². The Labute approximate surface area is 122 Å². The number of aliphatic hydroxyl groups excluding tert-OH is 1. The molecule has 2 heterocycles. The first-order valence-corrected chi connectivity index (χ1v) is 7.31. The van der Waals surface area contributed by atoms with E-state index in [1.54, 1.807) is 0 Å². The van der Waals surface area contributed by atoms with Crippen molar-refractivity contribution in [2.24, 2.45) is 0 Å². The van der Waals surface area contributed by atoms with E-state index in [1.165, 1.54) is 18.2 Å². The maximum atomic E-state index is 13.1. The molecule has 1 amide bonds. The molecule has 0 radical (unpaired) electrons. The molecule has 0 aliphatic carbocycles. The molecule has 4 N–H and O–H groups in total. The number of hydrogen-bond acceptors (Lipinski definition) is 4. The van der Waals surface area contributed by atoms with Gasteiger partial charge in [-0.3, -0.25) is 9.69 Å². The number of benzene rings is 1. The van der Waals surface area contributed by atoms with Crippen LogP contribution in [-0.2, 0) is 4.79 Å². The quantitative estimate of drug-likeness (QED) is 0.735. The fraction of sp³-hybridized carbons (Fsp3) is 0.533. The minimum absolute atomic E-state index is 0.0222. The number of carbonyl (C=O) groups excluding carboxylic acids is 1. The van der Waals surface area contributed by atoms with Gasteiger partial charge in [0.05, 0.1) is 18.3 Å². The molecule has 2 bridgehead atoms. The summed E-state index contributed by atoms with van der Waals surface area (Å²) in [6.45, 7) is 0.305. The van der Waals surface area contributed by atoms with E-state index in [-0.39, 0.29) is 17.7 Å². The summed E-state index contributed by atoms with van der Waals surface area (Å²) >= 11 is 0. The summed E-state index contributed by atoms with van der Waals surface area (Å²) < 4.78 is 13.1. The number of piperidine rings is 1. The Balaban J connectivity index is 1.60. The summed E-state index contributed by atoms with van der Waals surface area (Å²) in [5, 5.41) is 12.5. The topological polar surface area (TPSA) is 78.6 Å². The van der Waals surface area contributed by atoms with Crippen LogP contribution in [-0.4, -0.2) is 40.6 Å². The minimum Gasteiger partial charge on any atom is -0.396 e. The van der Waals surface area contributed by atoms with Gasteiger partial charge in [-0.1, -0.05) is 0 Å². The van der Waals surface area contributed by atoms with Gasteiger partial charge in [-0.05, 0) is 43.9 Å². The molecule has 3 rings (SSSR count). The van der Waals surface area contributed by atoms with Crippen molar-refractivity contribution in [1.82, 2.24) is 4.90 Å². The molecule has 114 valence electrons. The molecule has 1 aromatic rings. The summed E-state index contributed by atoms with van der Waals surface area (Å²) in [5.41, 5.74) is 6.01. The van der Waals surface area contributed by atoms with Gasteiger partial charge in [0.1, 0.15) is 5.82 Å². The zero-order valence-corrected chi connectivity index (χ0v) is 11.8. The van der Waals surface area contributed by atoms with Crippen LogP contribution in [0.4, 0.5) is 15.8 Å². The lowest BCUT2D eigenvalue weighted by Gasteiger charge is -2.36. The summed E-state index contributed by atoms with van der Waals surface area (Å²) in [5.74, 6) is -0.620. The van der Waals surface area contributed by atoms with Crippen LogP contribution in [0.3, 0.4) is 0 Å². The first-order chi connectivity index (χ1) is 10.0. The first kappa shape index (κ1) is 14.3. The van der Waals surface area contributed by atoms with Crippen LogP contribution >= 0.6 is 0 Å². The van der Waals surface area contributed by atoms with E-state index in [9.17, 15) is 14.3 Å². The number of nitrogens with two attached hydrogens (primary N) is 1. The van der Waals surface area contributed by atoms with Crippen molar-refractivity contribution in [2.75, 3.05) is 17.6 Å². The van der Waals surface area contributed by atoms with Crippen LogP contribution in [0.2, 0.25) is 0 Å². The number of carbonyl (C=O) groups is 1. The summed E-state index contributed by atoms with van der Waals surface area (Å²) in [7, 11) is 0. The van der Waals surface area contributed by atoms with Crippen molar-refractivity contribution in [3.8, 4) is 0 Å². The lowest BCUT2D eigenvalue weighted by atomic mass is 10.00. The molecule has 2 unspecified atom stereocenters. The van der Waals surface area contributed by atoms with E-state index in [4.69, 9.17) is 5.73 Å². The minimum atomic E-state index is -0.490. The van der Waals surface area contributed by atoms with Gasteiger partial charge in [0, 0.05) is 17.8 Å². The predicted octanol–water partition coefficient (Wildman–Crippen LogP) is 1.33. The van der Waals surface area contributed by atoms with Gasteiger partial charge in [0.2, 0.25) is 5.91 Å². The first-order valence-electron chi connectivity index (χ1n) is 7.31. The van der Waals surface area contributed by atoms with E-state index >= 15 is 0 Å². The molecular weight excluding hydrogens is 273 g/mol. The Kier molecular flexibility index (Phi) is 3.82. The fourth-order valence-electron chi connectivity index (χ4n) is 3.49. The number of rotatable bonds is 3. The number of halogens is 1. The van der Waals surface area contributed by atoms with Crippen molar-refractivity contribution < 1.29 is 14.3 Å². The molecule has 5 nitrogen and oxygen atoms in total. The van der Waals surface area contributed by atoms with Crippen molar-refractivity contribution in [3.63, 3.8) is 0 Å². The molecule has 0 spiro atoms. The van der Waals surface area contributed by atoms with Gasteiger partial charge in [-0.2, -0.15) is 0 Å². The van der Waals surface area contributed by atoms with Gasteiger partial charge in [0.25, 0.3) is 0 Å². The molecule has 0 aromatic heterocycles. The lowest BCUT2D eigenvalue weighted by molar-refractivity contribution is -0.119. The predicted molar refractivity (Wildman–Crippen MR) is 78.2 cm³/mol. The Hall–Kier alpha value is -1.66. The summed E-state index contributed by atoms with van der Waals surface area (Å²) in [6.07, 6.45) is 3.33. The third-order valence-electron chi connectivity index (χ3n) is 4.47. The Morgan fingerprint density at radius 1 is 1.38 bits per heavy atom. The second-order valence-electron chi connectivity index (χ2n) is 5.97. The maximum Gasteiger partial charge on any atom is 0.238 e. The van der Waals surface area contributed by atoms with Crippen LogP contribution in [0.5, 0.6) is 0 Å². The molecule has 6 heteroatoms. The summed E-state index contributed by atoms with van der Waals surface area (Å²) in [4.78, 5) is 14.3. The molecule has 2 aliphatic rings. The number of nitrogens with one attached hydrogen (secondary N) is 1. The molecule has 2 aliphatic heterocycles. The molecular formula is C15H20FN3O2. The number of anilines is 2. The van der Waals surface area contributed by atoms with E-state index in [2.05, 4.69) is 10.2 Å². The Morgan fingerprint density at radius 3 is 2.67 bits per heavy atom. The Bertz CT molecular complexity index is 538. The number of amides is 1. The average Bonchev–Trinajstić information content (AvgIpc) is 2.67. The van der Waals surface area contributed by atoms with Gasteiger partial charge in [0.15, 0.2) is 0 Å². The average molecular weight is 293 g/mol. The highest BCUT2D eigenvalue weighted by molar-refractivity contribution is 5.92. The van der Waals surface area contributed by atoms with Crippen molar-refractivity contribution in [3.05, 3.63) is 24.0 Å². The largest absolute Gasteiger partial charge is 0.396 e. The number of nitrogens with zero attached hydrogens (tertiary/aromatic N) is 1. The Morgan fingerprint density at radius 2 is 2.05 bits per heavy atom. The van der Waals surface area contributed by atoms with E-state index in [0.717, 1.165) is 25.7 Å². The molecule has 0 saturated carbocycles. The zero-order chi connectivity index (χ0) is 15.0. The van der Waals surface area contributed by atoms with E-state index in [1.807, 2.05) is 0 Å². The fourth-order valence-corrected chi connectivity index (χ4v) is 3.49.